The van der Waals surface area contributed by atoms with Gasteiger partial charge in [0.1, 0.15) is 6.33 Å². The number of carbonyl (C=O) groups is 1. The predicted octanol–water partition coefficient (Wildman–Crippen LogP) is 0.696. The number of nitrogens with zero attached hydrogens (tertiary/aromatic N) is 3. The maximum absolute atomic E-state index is 10.7. The fourth-order valence-electron chi connectivity index (χ4n) is 1.49. The number of nitrogens with two attached hydrogens (primary N) is 1. The van der Waals surface area contributed by atoms with Crippen molar-refractivity contribution < 1.29 is 14.3 Å². The van der Waals surface area contributed by atoms with Crippen molar-refractivity contribution in [3.05, 3.63) is 34.9 Å². The minimum absolute atomic E-state index is 0.214. The van der Waals surface area contributed by atoms with Crippen molar-refractivity contribution in [1.29, 1.82) is 0 Å². The van der Waals surface area contributed by atoms with Crippen molar-refractivity contribution in [2.24, 2.45) is 10.8 Å². The number of aromatic nitrogens is 3. The number of hydrogen-bond donors (Lipinski definition) is 2. The summed E-state index contributed by atoms with van der Waals surface area (Å²) in [6, 6.07) is 5.13. The van der Waals surface area contributed by atoms with Crippen LogP contribution in [0.3, 0.4) is 0 Å². The van der Waals surface area contributed by atoms with E-state index in [0.29, 0.717) is 16.3 Å². The van der Waals surface area contributed by atoms with E-state index in [1.807, 2.05) is 0 Å². The summed E-state index contributed by atoms with van der Waals surface area (Å²) in [6.45, 7) is -0.214. The first-order valence-corrected chi connectivity index (χ1v) is 6.26. The summed E-state index contributed by atoms with van der Waals surface area (Å²) in [5.41, 5.74) is 5.80. The molecule has 3 N–H and O–H groups in total. The molecule has 1 aromatic carbocycles. The number of carbonyl (C=O) groups excluding carboxylic acids is 1. The normalized spacial score (nSPS) is 10.7. The molecule has 0 aliphatic carbocycles. The number of H-pyrrole nitrogens is 1. The molecule has 0 spiro atoms. The summed E-state index contributed by atoms with van der Waals surface area (Å²) >= 11 is 4.97. The van der Waals surface area contributed by atoms with Crippen LogP contribution >= 0.6 is 12.2 Å². The molecule has 0 bridgehead atoms. The van der Waals surface area contributed by atoms with Gasteiger partial charge in [0, 0.05) is 0 Å². The lowest BCUT2D eigenvalue weighted by molar-refractivity contribution is -0.119. The predicted molar refractivity (Wildman–Crippen MR) is 78.1 cm³/mol. The Balaban J connectivity index is 2.18. The van der Waals surface area contributed by atoms with Gasteiger partial charge in [-0.2, -0.15) is 14.9 Å². The molecule has 9 heteroatoms. The Hall–Kier alpha value is -2.68. The second-order valence-electron chi connectivity index (χ2n) is 3.92. The van der Waals surface area contributed by atoms with Crippen molar-refractivity contribution in [2.75, 3.05) is 13.7 Å². The molecule has 0 unspecified atom stereocenters. The van der Waals surface area contributed by atoms with Gasteiger partial charge >= 0.3 is 0 Å². The van der Waals surface area contributed by atoms with Crippen molar-refractivity contribution in [1.82, 2.24) is 14.9 Å². The topological polar surface area (TPSA) is 108 Å². The number of hydrogen-bond acceptors (Lipinski definition) is 6. The number of methoxy groups -OCH3 is 1. The van der Waals surface area contributed by atoms with Crippen LogP contribution in [0.5, 0.6) is 11.5 Å². The third-order valence-corrected chi connectivity index (χ3v) is 2.70. The van der Waals surface area contributed by atoms with E-state index in [9.17, 15) is 4.79 Å². The minimum atomic E-state index is -0.558. The first-order chi connectivity index (χ1) is 10.1. The summed E-state index contributed by atoms with van der Waals surface area (Å²) in [7, 11) is 1.50. The molecule has 0 radical (unpaired) electrons. The molecule has 0 atom stereocenters. The molecule has 110 valence electrons. The highest BCUT2D eigenvalue weighted by molar-refractivity contribution is 7.71. The molecule has 21 heavy (non-hydrogen) atoms. The molecule has 0 aliphatic rings. The lowest BCUT2D eigenvalue weighted by Crippen LogP contribution is -2.20. The highest BCUT2D eigenvalue weighted by Crippen LogP contribution is 2.27. The second-order valence-corrected chi connectivity index (χ2v) is 4.30. The van der Waals surface area contributed by atoms with Crippen LogP contribution < -0.4 is 15.2 Å². The first-order valence-electron chi connectivity index (χ1n) is 5.85. The third-order valence-electron chi connectivity index (χ3n) is 2.42. The number of aromatic amines is 1. The zero-order valence-electron chi connectivity index (χ0n) is 11.1. The lowest BCUT2D eigenvalue weighted by Gasteiger charge is -2.09. The van der Waals surface area contributed by atoms with Gasteiger partial charge in [-0.1, -0.05) is 0 Å². The summed E-state index contributed by atoms with van der Waals surface area (Å²) in [5, 5.41) is 10.5. The van der Waals surface area contributed by atoms with Gasteiger partial charge in [0.05, 0.1) is 13.3 Å². The Bertz CT molecular complexity index is 722. The van der Waals surface area contributed by atoms with Crippen LogP contribution in [0.2, 0.25) is 0 Å². The van der Waals surface area contributed by atoms with Crippen LogP contribution in [0.25, 0.3) is 0 Å². The van der Waals surface area contributed by atoms with E-state index in [1.165, 1.54) is 18.1 Å². The standard InChI is InChI=1S/C12H13N5O3S/c1-19-10-4-8(2-3-9(10)20-6-11(13)18)5-15-17-7-14-16-12(17)21/h2-5,7H,6H2,1H3,(H2,13,18)(H,16,21)/b15-5-. The Morgan fingerprint density at radius 3 is 3.00 bits per heavy atom. The second kappa shape index (κ2) is 6.66. The summed E-state index contributed by atoms with van der Waals surface area (Å²) in [6.07, 6.45) is 3.05. The minimum Gasteiger partial charge on any atom is -0.493 e. The smallest absolute Gasteiger partial charge is 0.255 e. The number of ether oxygens (including phenoxy) is 2. The van der Waals surface area contributed by atoms with Crippen LogP contribution in [0, 0.1) is 4.77 Å². The highest BCUT2D eigenvalue weighted by Gasteiger charge is 2.06. The Morgan fingerprint density at radius 2 is 2.38 bits per heavy atom. The molecule has 0 saturated heterocycles. The number of rotatable bonds is 6. The maximum Gasteiger partial charge on any atom is 0.255 e. The lowest BCUT2D eigenvalue weighted by atomic mass is 10.2. The van der Waals surface area contributed by atoms with Gasteiger partial charge in [-0.15, -0.1) is 0 Å². The molecule has 2 rings (SSSR count). The molecular weight excluding hydrogens is 294 g/mol. The van der Waals surface area contributed by atoms with E-state index in [-0.39, 0.29) is 6.61 Å². The number of primary amides is 1. The summed E-state index contributed by atoms with van der Waals surface area (Å²) in [4.78, 5) is 10.7. The average molecular weight is 307 g/mol. The summed E-state index contributed by atoms with van der Waals surface area (Å²) < 4.78 is 12.2. The third kappa shape index (κ3) is 3.89. The highest BCUT2D eigenvalue weighted by atomic mass is 32.1. The Kier molecular flexibility index (Phi) is 4.67. The maximum atomic E-state index is 10.7. The van der Waals surface area contributed by atoms with Crippen LogP contribution in [-0.4, -0.2) is 40.7 Å². The molecule has 0 aliphatic heterocycles. The van der Waals surface area contributed by atoms with Crippen molar-refractivity contribution in [2.45, 2.75) is 0 Å². The summed E-state index contributed by atoms with van der Waals surface area (Å²) in [5.74, 6) is 0.335. The molecule has 1 aromatic heterocycles. The van der Waals surface area contributed by atoms with E-state index in [4.69, 9.17) is 27.4 Å². The Labute approximate surface area is 125 Å². The van der Waals surface area contributed by atoms with Crippen LogP contribution in [0.4, 0.5) is 0 Å². The fourth-order valence-corrected chi connectivity index (χ4v) is 1.63. The quantitative estimate of drug-likeness (QED) is 0.603. The van der Waals surface area contributed by atoms with Gasteiger partial charge in [-0.25, -0.2) is 0 Å². The zero-order valence-corrected chi connectivity index (χ0v) is 12.0. The van der Waals surface area contributed by atoms with E-state index >= 15 is 0 Å². The van der Waals surface area contributed by atoms with Crippen LogP contribution in [0.1, 0.15) is 5.56 Å². The van der Waals surface area contributed by atoms with Gasteiger partial charge in [0.15, 0.2) is 18.1 Å². The number of nitrogens with one attached hydrogen (secondary N) is 1. The van der Waals surface area contributed by atoms with E-state index in [1.54, 1.807) is 24.4 Å². The van der Waals surface area contributed by atoms with Crippen molar-refractivity contribution >= 4 is 24.3 Å². The molecule has 0 saturated carbocycles. The number of benzene rings is 1. The molecule has 0 fully saturated rings. The van der Waals surface area contributed by atoms with Gasteiger partial charge < -0.3 is 15.2 Å². The van der Waals surface area contributed by atoms with Crippen LogP contribution in [-0.2, 0) is 4.79 Å². The van der Waals surface area contributed by atoms with Gasteiger partial charge in [0.2, 0.25) is 4.77 Å². The van der Waals surface area contributed by atoms with Gasteiger partial charge in [-0.05, 0) is 36.0 Å². The fraction of sp³-hybridized carbons (Fsp3) is 0.167. The Morgan fingerprint density at radius 1 is 1.57 bits per heavy atom. The molecule has 8 nitrogen and oxygen atoms in total. The SMILES string of the molecule is COc1cc(/C=N\n2cn[nH]c2=S)ccc1OCC(N)=O. The van der Waals surface area contributed by atoms with Gasteiger partial charge in [0.25, 0.3) is 5.91 Å². The number of amides is 1. The van der Waals surface area contributed by atoms with Crippen LogP contribution in [0.15, 0.2) is 29.6 Å². The first kappa shape index (κ1) is 14.7. The molecule has 1 amide bonds. The van der Waals surface area contributed by atoms with Crippen molar-refractivity contribution in [3.63, 3.8) is 0 Å². The zero-order chi connectivity index (χ0) is 15.2. The average Bonchev–Trinajstić information content (AvgIpc) is 2.88. The van der Waals surface area contributed by atoms with E-state index in [0.717, 1.165) is 5.56 Å². The monoisotopic (exact) mass is 307 g/mol. The van der Waals surface area contributed by atoms with E-state index < -0.39 is 5.91 Å². The molecular formula is C12H13N5O3S. The van der Waals surface area contributed by atoms with E-state index in [2.05, 4.69) is 15.3 Å². The largest absolute Gasteiger partial charge is 0.493 e. The molecule has 1 heterocycles. The molecule has 2 aromatic rings. The van der Waals surface area contributed by atoms with Gasteiger partial charge in [-0.3, -0.25) is 9.89 Å². The van der Waals surface area contributed by atoms with Crippen molar-refractivity contribution in [3.8, 4) is 11.5 Å².